The molecule has 0 aliphatic carbocycles. The number of rotatable bonds is 3. The summed E-state index contributed by atoms with van der Waals surface area (Å²) in [5.74, 6) is 0.331. The van der Waals surface area contributed by atoms with Crippen LogP contribution in [0, 0.1) is 5.41 Å². The van der Waals surface area contributed by atoms with Gasteiger partial charge in [-0.05, 0) is 11.8 Å². The van der Waals surface area contributed by atoms with Gasteiger partial charge in [0.1, 0.15) is 0 Å². The normalized spacial score (nSPS) is 18.9. The summed E-state index contributed by atoms with van der Waals surface area (Å²) in [5.41, 5.74) is 0.357. The van der Waals surface area contributed by atoms with Gasteiger partial charge in [-0.15, -0.1) is 0 Å². The Morgan fingerprint density at radius 1 is 1.12 bits per heavy atom. The molecule has 0 unspecified atom stereocenters. The van der Waals surface area contributed by atoms with Crippen molar-refractivity contribution in [1.82, 2.24) is 9.80 Å². The van der Waals surface area contributed by atoms with Crippen LogP contribution in [0.5, 0.6) is 0 Å². The van der Waals surface area contributed by atoms with Crippen molar-refractivity contribution in [2.24, 2.45) is 5.41 Å². The predicted molar refractivity (Wildman–Crippen MR) is 67.4 cm³/mol. The van der Waals surface area contributed by atoms with Crippen LogP contribution in [0.4, 0.5) is 0 Å². The summed E-state index contributed by atoms with van der Waals surface area (Å²) in [4.78, 5) is 16.2. The van der Waals surface area contributed by atoms with Gasteiger partial charge in [-0.2, -0.15) is 0 Å². The van der Waals surface area contributed by atoms with Crippen LogP contribution in [0.3, 0.4) is 0 Å². The van der Waals surface area contributed by atoms with Crippen LogP contribution in [0.25, 0.3) is 0 Å². The van der Waals surface area contributed by atoms with Crippen molar-refractivity contribution in [3.63, 3.8) is 0 Å². The molecule has 0 atom stereocenters. The number of carbonyl (C=O) groups excluding carboxylic acids is 1. The highest BCUT2D eigenvalue weighted by atomic mass is 16.2. The third-order valence-electron chi connectivity index (χ3n) is 2.89. The molecule has 1 fully saturated rings. The first-order valence-corrected chi connectivity index (χ1v) is 6.42. The van der Waals surface area contributed by atoms with Crippen LogP contribution in [-0.4, -0.2) is 48.4 Å². The number of carbonyl (C=O) groups is 1. The molecule has 94 valence electrons. The lowest BCUT2D eigenvalue weighted by molar-refractivity contribution is -0.133. The zero-order chi connectivity index (χ0) is 12.2. The maximum Gasteiger partial charge on any atom is 0.222 e. The molecule has 3 heteroatoms. The van der Waals surface area contributed by atoms with Crippen LogP contribution < -0.4 is 0 Å². The largest absolute Gasteiger partial charge is 0.340 e. The van der Waals surface area contributed by atoms with Gasteiger partial charge in [-0.25, -0.2) is 0 Å². The minimum Gasteiger partial charge on any atom is -0.340 e. The molecule has 0 bridgehead atoms. The molecule has 16 heavy (non-hydrogen) atoms. The fourth-order valence-corrected chi connectivity index (χ4v) is 2.20. The van der Waals surface area contributed by atoms with Gasteiger partial charge < -0.3 is 4.90 Å². The first-order chi connectivity index (χ1) is 7.42. The topological polar surface area (TPSA) is 23.6 Å². The Labute approximate surface area is 99.8 Å². The van der Waals surface area contributed by atoms with Gasteiger partial charge in [0.25, 0.3) is 0 Å². The highest BCUT2D eigenvalue weighted by Crippen LogP contribution is 2.16. The van der Waals surface area contributed by atoms with E-state index in [1.807, 2.05) is 4.90 Å². The maximum atomic E-state index is 11.7. The average Bonchev–Trinajstić information content (AvgIpc) is 2.16. The number of hydrogen-bond acceptors (Lipinski definition) is 2. The first-order valence-electron chi connectivity index (χ1n) is 6.42. The molecule has 1 aliphatic rings. The van der Waals surface area contributed by atoms with Crippen LogP contribution in [0.1, 0.15) is 40.5 Å². The third kappa shape index (κ3) is 4.52. The van der Waals surface area contributed by atoms with Crippen molar-refractivity contribution in [2.45, 2.75) is 40.5 Å². The smallest absolute Gasteiger partial charge is 0.222 e. The van der Waals surface area contributed by atoms with E-state index in [4.69, 9.17) is 0 Å². The molecule has 0 spiro atoms. The van der Waals surface area contributed by atoms with Crippen molar-refractivity contribution in [2.75, 3.05) is 32.7 Å². The van der Waals surface area contributed by atoms with E-state index in [-0.39, 0.29) is 0 Å². The van der Waals surface area contributed by atoms with E-state index < -0.39 is 0 Å². The Balaban J connectivity index is 2.31. The highest BCUT2D eigenvalue weighted by molar-refractivity contribution is 5.76. The first kappa shape index (κ1) is 13.5. The molecule has 0 aromatic heterocycles. The second-order valence-electron chi connectivity index (χ2n) is 5.97. The fourth-order valence-electron chi connectivity index (χ4n) is 2.20. The zero-order valence-electron chi connectivity index (χ0n) is 11.3. The molecule has 1 heterocycles. The molecule has 1 rings (SSSR count). The van der Waals surface area contributed by atoms with Crippen LogP contribution >= 0.6 is 0 Å². The van der Waals surface area contributed by atoms with E-state index in [9.17, 15) is 4.79 Å². The summed E-state index contributed by atoms with van der Waals surface area (Å²) in [5, 5.41) is 0. The number of amides is 1. The van der Waals surface area contributed by atoms with Gasteiger partial charge >= 0.3 is 0 Å². The predicted octanol–water partition coefficient (Wildman–Crippen LogP) is 1.98. The second kappa shape index (κ2) is 5.67. The van der Waals surface area contributed by atoms with E-state index in [0.29, 0.717) is 17.7 Å². The molecular weight excluding hydrogens is 200 g/mol. The van der Waals surface area contributed by atoms with Gasteiger partial charge in [0.15, 0.2) is 0 Å². The summed E-state index contributed by atoms with van der Waals surface area (Å²) in [6.45, 7) is 13.9. The lowest BCUT2D eigenvalue weighted by Gasteiger charge is -2.37. The van der Waals surface area contributed by atoms with Gasteiger partial charge in [-0.1, -0.05) is 27.7 Å². The molecule has 0 N–H and O–H groups in total. The lowest BCUT2D eigenvalue weighted by Crippen LogP contribution is -2.50. The SMILES string of the molecule is CCCC(=O)N1CCN(CC(C)(C)C)CC1. The monoisotopic (exact) mass is 226 g/mol. The summed E-state index contributed by atoms with van der Waals surface area (Å²) < 4.78 is 0. The molecule has 1 saturated heterocycles. The van der Waals surface area contributed by atoms with Crippen molar-refractivity contribution in [1.29, 1.82) is 0 Å². The molecule has 1 amide bonds. The molecule has 3 nitrogen and oxygen atoms in total. The van der Waals surface area contributed by atoms with Crippen LogP contribution in [-0.2, 0) is 4.79 Å². The molecule has 0 aromatic carbocycles. The van der Waals surface area contributed by atoms with Gasteiger partial charge in [0, 0.05) is 39.1 Å². The van der Waals surface area contributed by atoms with Crippen molar-refractivity contribution in [3.8, 4) is 0 Å². The fraction of sp³-hybridized carbons (Fsp3) is 0.923. The van der Waals surface area contributed by atoms with Crippen LogP contribution in [0.2, 0.25) is 0 Å². The Kier molecular flexibility index (Phi) is 4.78. The maximum absolute atomic E-state index is 11.7. The highest BCUT2D eigenvalue weighted by Gasteiger charge is 2.23. The zero-order valence-corrected chi connectivity index (χ0v) is 11.3. The minimum absolute atomic E-state index is 0.331. The van der Waals surface area contributed by atoms with Crippen molar-refractivity contribution >= 4 is 5.91 Å². The van der Waals surface area contributed by atoms with E-state index in [0.717, 1.165) is 39.1 Å². The second-order valence-corrected chi connectivity index (χ2v) is 5.97. The molecule has 0 radical (unpaired) electrons. The Hall–Kier alpha value is -0.570. The van der Waals surface area contributed by atoms with Crippen LogP contribution in [0.15, 0.2) is 0 Å². The number of nitrogens with zero attached hydrogens (tertiary/aromatic N) is 2. The van der Waals surface area contributed by atoms with Gasteiger partial charge in [0.2, 0.25) is 5.91 Å². The van der Waals surface area contributed by atoms with E-state index in [1.54, 1.807) is 0 Å². The number of piperazine rings is 1. The van der Waals surface area contributed by atoms with Gasteiger partial charge in [-0.3, -0.25) is 9.69 Å². The molecule has 0 aromatic rings. The minimum atomic E-state index is 0.331. The average molecular weight is 226 g/mol. The quantitative estimate of drug-likeness (QED) is 0.734. The third-order valence-corrected chi connectivity index (χ3v) is 2.89. The number of hydrogen-bond donors (Lipinski definition) is 0. The lowest BCUT2D eigenvalue weighted by atomic mass is 9.96. The molecule has 1 aliphatic heterocycles. The summed E-state index contributed by atoms with van der Waals surface area (Å²) in [6, 6.07) is 0. The Bertz CT molecular complexity index is 225. The van der Waals surface area contributed by atoms with Crippen molar-refractivity contribution in [3.05, 3.63) is 0 Å². The summed E-state index contributed by atoms with van der Waals surface area (Å²) >= 11 is 0. The Morgan fingerprint density at radius 2 is 1.69 bits per heavy atom. The van der Waals surface area contributed by atoms with E-state index in [1.165, 1.54) is 0 Å². The van der Waals surface area contributed by atoms with Crippen molar-refractivity contribution < 1.29 is 4.79 Å². The van der Waals surface area contributed by atoms with E-state index in [2.05, 4.69) is 32.6 Å². The van der Waals surface area contributed by atoms with E-state index >= 15 is 0 Å². The van der Waals surface area contributed by atoms with Gasteiger partial charge in [0.05, 0.1) is 0 Å². The standard InChI is InChI=1S/C13H26N2O/c1-5-6-12(16)15-9-7-14(8-10-15)11-13(2,3)4/h5-11H2,1-4H3. The Morgan fingerprint density at radius 3 is 2.12 bits per heavy atom. The molecular formula is C13H26N2O. The summed E-state index contributed by atoms with van der Waals surface area (Å²) in [7, 11) is 0. The summed E-state index contributed by atoms with van der Waals surface area (Å²) in [6.07, 6.45) is 1.67. The molecule has 0 saturated carbocycles.